The molecule has 0 spiro atoms. The van der Waals surface area contributed by atoms with Crippen molar-refractivity contribution in [2.24, 2.45) is 5.73 Å². The van der Waals surface area contributed by atoms with Gasteiger partial charge in [-0.3, -0.25) is 14.6 Å². The number of nitrogens with one attached hydrogen (secondary N) is 2. The van der Waals surface area contributed by atoms with E-state index in [-0.39, 0.29) is 11.6 Å². The van der Waals surface area contributed by atoms with Crippen LogP contribution in [0.15, 0.2) is 12.3 Å². The molecule has 2 rings (SSSR count). The third kappa shape index (κ3) is 2.72. The molecule has 96 valence electrons. The number of rotatable bonds is 5. The first-order chi connectivity index (χ1) is 8.72. The van der Waals surface area contributed by atoms with Crippen LogP contribution in [-0.4, -0.2) is 37.6 Å². The summed E-state index contributed by atoms with van der Waals surface area (Å²) in [4.78, 5) is 11.8. The van der Waals surface area contributed by atoms with Gasteiger partial charge in [0.15, 0.2) is 11.5 Å². The van der Waals surface area contributed by atoms with Gasteiger partial charge < -0.3 is 11.1 Å². The number of nitrogens with two attached hydrogens (primary N) is 1. The standard InChI is InChI=1S/C10H15N7O/c1-2-7-5-9(15-13-7)12-10(18)8-6-17(4-3-11)16-14-8/h5-6H,2-4,11H2,1H3,(H2,12,13,15,18). The number of carbonyl (C=O) groups excluding carboxylic acids is 1. The van der Waals surface area contributed by atoms with E-state index >= 15 is 0 Å². The zero-order valence-corrected chi connectivity index (χ0v) is 10.1. The Morgan fingerprint density at radius 3 is 3.11 bits per heavy atom. The smallest absolute Gasteiger partial charge is 0.279 e. The van der Waals surface area contributed by atoms with Crippen molar-refractivity contribution >= 4 is 11.7 Å². The Hall–Kier alpha value is -2.22. The van der Waals surface area contributed by atoms with Gasteiger partial charge in [0, 0.05) is 18.3 Å². The van der Waals surface area contributed by atoms with Crippen LogP contribution in [0.1, 0.15) is 23.1 Å². The van der Waals surface area contributed by atoms with Crippen molar-refractivity contribution in [1.82, 2.24) is 25.2 Å². The summed E-state index contributed by atoms with van der Waals surface area (Å²) in [6.07, 6.45) is 2.38. The summed E-state index contributed by atoms with van der Waals surface area (Å²) in [5, 5.41) is 17.0. The van der Waals surface area contributed by atoms with Gasteiger partial charge in [-0.25, -0.2) is 0 Å². The summed E-state index contributed by atoms with van der Waals surface area (Å²) < 4.78 is 1.52. The number of hydrogen-bond acceptors (Lipinski definition) is 5. The van der Waals surface area contributed by atoms with Gasteiger partial charge in [-0.15, -0.1) is 5.10 Å². The molecule has 2 heterocycles. The molecule has 0 aliphatic rings. The van der Waals surface area contributed by atoms with E-state index in [9.17, 15) is 4.79 Å². The highest BCUT2D eigenvalue weighted by molar-refractivity contribution is 6.02. The van der Waals surface area contributed by atoms with Crippen molar-refractivity contribution in [3.63, 3.8) is 0 Å². The summed E-state index contributed by atoms with van der Waals surface area (Å²) in [5.74, 6) is 0.137. The average Bonchev–Trinajstić information content (AvgIpc) is 2.98. The van der Waals surface area contributed by atoms with Crippen LogP contribution in [0.4, 0.5) is 5.82 Å². The van der Waals surface area contributed by atoms with E-state index in [1.54, 1.807) is 12.3 Å². The first kappa shape index (κ1) is 12.2. The molecule has 2 aromatic heterocycles. The molecular formula is C10H15N7O. The van der Waals surface area contributed by atoms with Crippen LogP contribution >= 0.6 is 0 Å². The van der Waals surface area contributed by atoms with E-state index in [0.717, 1.165) is 12.1 Å². The van der Waals surface area contributed by atoms with Gasteiger partial charge in [0.05, 0.1) is 12.7 Å². The van der Waals surface area contributed by atoms with E-state index in [1.807, 2.05) is 6.92 Å². The number of anilines is 1. The van der Waals surface area contributed by atoms with Gasteiger partial charge in [-0.05, 0) is 6.42 Å². The van der Waals surface area contributed by atoms with Gasteiger partial charge in [0.25, 0.3) is 5.91 Å². The van der Waals surface area contributed by atoms with Gasteiger partial charge in [-0.2, -0.15) is 5.10 Å². The summed E-state index contributed by atoms with van der Waals surface area (Å²) >= 11 is 0. The number of aromatic nitrogens is 5. The van der Waals surface area contributed by atoms with Crippen LogP contribution in [0.2, 0.25) is 0 Å². The van der Waals surface area contributed by atoms with E-state index in [0.29, 0.717) is 18.9 Å². The highest BCUT2D eigenvalue weighted by atomic mass is 16.2. The molecule has 0 fully saturated rings. The lowest BCUT2D eigenvalue weighted by Crippen LogP contribution is -2.13. The normalized spacial score (nSPS) is 10.6. The summed E-state index contributed by atoms with van der Waals surface area (Å²) in [5.41, 5.74) is 6.58. The average molecular weight is 249 g/mol. The minimum atomic E-state index is -0.340. The summed E-state index contributed by atoms with van der Waals surface area (Å²) in [6.45, 7) is 2.98. The third-order valence-corrected chi connectivity index (χ3v) is 2.38. The first-order valence-corrected chi connectivity index (χ1v) is 5.68. The zero-order valence-electron chi connectivity index (χ0n) is 10.1. The second-order valence-electron chi connectivity index (χ2n) is 3.74. The molecule has 0 bridgehead atoms. The van der Waals surface area contributed by atoms with Gasteiger partial charge >= 0.3 is 0 Å². The first-order valence-electron chi connectivity index (χ1n) is 5.68. The van der Waals surface area contributed by atoms with E-state index in [2.05, 4.69) is 25.8 Å². The lowest BCUT2D eigenvalue weighted by Gasteiger charge is -1.96. The molecule has 8 heteroatoms. The maximum Gasteiger partial charge on any atom is 0.279 e. The lowest BCUT2D eigenvalue weighted by molar-refractivity contribution is 0.102. The van der Waals surface area contributed by atoms with Crippen molar-refractivity contribution in [3.8, 4) is 0 Å². The Morgan fingerprint density at radius 1 is 1.61 bits per heavy atom. The highest BCUT2D eigenvalue weighted by Gasteiger charge is 2.12. The van der Waals surface area contributed by atoms with Crippen LogP contribution in [0.3, 0.4) is 0 Å². The van der Waals surface area contributed by atoms with Crippen LogP contribution in [0.5, 0.6) is 0 Å². The Kier molecular flexibility index (Phi) is 3.68. The summed E-state index contributed by atoms with van der Waals surface area (Å²) in [7, 11) is 0. The van der Waals surface area contributed by atoms with Gasteiger partial charge in [-0.1, -0.05) is 12.1 Å². The van der Waals surface area contributed by atoms with E-state index in [4.69, 9.17) is 5.73 Å². The van der Waals surface area contributed by atoms with Crippen LogP contribution in [-0.2, 0) is 13.0 Å². The fourth-order valence-corrected chi connectivity index (χ4v) is 1.43. The topological polar surface area (TPSA) is 115 Å². The van der Waals surface area contributed by atoms with Gasteiger partial charge in [0.1, 0.15) is 0 Å². The molecule has 8 nitrogen and oxygen atoms in total. The number of aromatic amines is 1. The lowest BCUT2D eigenvalue weighted by atomic mass is 10.3. The van der Waals surface area contributed by atoms with Crippen molar-refractivity contribution in [2.45, 2.75) is 19.9 Å². The minimum Gasteiger partial charge on any atom is -0.329 e. The molecule has 0 aliphatic heterocycles. The number of amides is 1. The molecule has 18 heavy (non-hydrogen) atoms. The molecule has 0 aliphatic carbocycles. The monoisotopic (exact) mass is 249 g/mol. The predicted octanol–water partition coefficient (Wildman–Crippen LogP) is -0.225. The number of nitrogens with zero attached hydrogens (tertiary/aromatic N) is 4. The molecule has 4 N–H and O–H groups in total. The Labute approximate surface area is 104 Å². The SMILES string of the molecule is CCc1cc(NC(=O)c2cn(CCN)nn2)n[nH]1. The molecular weight excluding hydrogens is 234 g/mol. The quantitative estimate of drug-likeness (QED) is 0.677. The summed E-state index contributed by atoms with van der Waals surface area (Å²) in [6, 6.07) is 1.78. The van der Waals surface area contributed by atoms with Crippen LogP contribution in [0, 0.1) is 0 Å². The molecule has 2 aromatic rings. The predicted molar refractivity (Wildman–Crippen MR) is 65.0 cm³/mol. The molecule has 0 aromatic carbocycles. The Balaban J connectivity index is 2.02. The fraction of sp³-hybridized carbons (Fsp3) is 0.400. The fourth-order valence-electron chi connectivity index (χ4n) is 1.43. The Bertz CT molecular complexity index is 530. The van der Waals surface area contributed by atoms with E-state index in [1.165, 1.54) is 4.68 Å². The molecule has 0 atom stereocenters. The molecule has 0 saturated carbocycles. The van der Waals surface area contributed by atoms with Crippen LogP contribution < -0.4 is 11.1 Å². The second kappa shape index (κ2) is 5.41. The zero-order chi connectivity index (χ0) is 13.0. The second-order valence-corrected chi connectivity index (χ2v) is 3.74. The van der Waals surface area contributed by atoms with Crippen LogP contribution in [0.25, 0.3) is 0 Å². The molecule has 1 amide bonds. The molecule has 0 unspecified atom stereocenters. The number of carbonyl (C=O) groups is 1. The maximum atomic E-state index is 11.8. The number of hydrogen-bond donors (Lipinski definition) is 3. The van der Waals surface area contributed by atoms with Crippen molar-refractivity contribution in [1.29, 1.82) is 0 Å². The number of H-pyrrole nitrogens is 1. The van der Waals surface area contributed by atoms with Crippen molar-refractivity contribution in [2.75, 3.05) is 11.9 Å². The minimum absolute atomic E-state index is 0.240. The van der Waals surface area contributed by atoms with E-state index < -0.39 is 0 Å². The molecule has 0 saturated heterocycles. The van der Waals surface area contributed by atoms with Crippen molar-refractivity contribution in [3.05, 3.63) is 23.7 Å². The highest BCUT2D eigenvalue weighted by Crippen LogP contribution is 2.07. The maximum absolute atomic E-state index is 11.8. The van der Waals surface area contributed by atoms with Crippen molar-refractivity contribution < 1.29 is 4.79 Å². The largest absolute Gasteiger partial charge is 0.329 e. The molecule has 0 radical (unpaired) electrons. The van der Waals surface area contributed by atoms with Gasteiger partial charge in [0.2, 0.25) is 0 Å². The Morgan fingerprint density at radius 2 is 2.44 bits per heavy atom. The number of aryl methyl sites for hydroxylation is 1. The third-order valence-electron chi connectivity index (χ3n) is 2.38.